The highest BCUT2D eigenvalue weighted by molar-refractivity contribution is 5.74. The first kappa shape index (κ1) is 14.3. The van der Waals surface area contributed by atoms with Crippen LogP contribution in [0.2, 0.25) is 0 Å². The molecule has 0 heterocycles. The van der Waals surface area contributed by atoms with Crippen LogP contribution in [0.4, 0.5) is 4.79 Å². The molecule has 17 heavy (non-hydrogen) atoms. The topological polar surface area (TPSA) is 64.6 Å². The van der Waals surface area contributed by atoms with Gasteiger partial charge in [0.2, 0.25) is 0 Å². The van der Waals surface area contributed by atoms with Crippen LogP contribution in [0.5, 0.6) is 0 Å². The maximum absolute atomic E-state index is 11.5. The summed E-state index contributed by atoms with van der Waals surface area (Å²) < 4.78 is 0. The fourth-order valence-electron chi connectivity index (χ4n) is 2.28. The van der Waals surface area contributed by atoms with Gasteiger partial charge in [-0.15, -0.1) is 0 Å². The molecule has 1 saturated carbocycles. The summed E-state index contributed by atoms with van der Waals surface area (Å²) in [6.45, 7) is 0.651. The van der Waals surface area contributed by atoms with Crippen LogP contribution in [-0.4, -0.2) is 55.4 Å². The third-order valence-electron chi connectivity index (χ3n) is 3.33. The molecule has 1 aliphatic carbocycles. The van der Waals surface area contributed by atoms with Gasteiger partial charge >= 0.3 is 6.03 Å². The van der Waals surface area contributed by atoms with Crippen molar-refractivity contribution in [1.29, 1.82) is 0 Å². The van der Waals surface area contributed by atoms with Crippen molar-refractivity contribution in [2.45, 2.75) is 44.2 Å². The van der Waals surface area contributed by atoms with Crippen molar-refractivity contribution in [3.05, 3.63) is 0 Å². The first-order valence-electron chi connectivity index (χ1n) is 6.45. The highest BCUT2D eigenvalue weighted by Crippen LogP contribution is 2.21. The van der Waals surface area contributed by atoms with E-state index in [0.29, 0.717) is 19.0 Å². The van der Waals surface area contributed by atoms with Gasteiger partial charge in [0.15, 0.2) is 0 Å². The number of aliphatic hydroxyl groups is 1. The first-order valence-corrected chi connectivity index (χ1v) is 6.45. The van der Waals surface area contributed by atoms with E-state index >= 15 is 0 Å². The predicted octanol–water partition coefficient (Wildman–Crippen LogP) is 0.541. The van der Waals surface area contributed by atoms with E-state index in [1.165, 1.54) is 12.8 Å². The summed E-state index contributed by atoms with van der Waals surface area (Å²) in [7, 11) is 4.18. The Kier molecular flexibility index (Phi) is 6.29. The van der Waals surface area contributed by atoms with Crippen LogP contribution in [0.15, 0.2) is 0 Å². The highest BCUT2D eigenvalue weighted by Gasteiger charge is 2.24. The van der Waals surface area contributed by atoms with Gasteiger partial charge in [-0.25, -0.2) is 4.79 Å². The maximum atomic E-state index is 11.5. The maximum Gasteiger partial charge on any atom is 0.315 e. The van der Waals surface area contributed by atoms with Crippen molar-refractivity contribution in [1.82, 2.24) is 15.5 Å². The molecular formula is C12H25N3O2. The number of hydrogen-bond donors (Lipinski definition) is 3. The van der Waals surface area contributed by atoms with Gasteiger partial charge < -0.3 is 20.6 Å². The van der Waals surface area contributed by atoms with Gasteiger partial charge in [-0.3, -0.25) is 0 Å². The minimum atomic E-state index is -0.108. The summed E-state index contributed by atoms with van der Waals surface area (Å²) >= 11 is 0. The van der Waals surface area contributed by atoms with Gasteiger partial charge in [-0.1, -0.05) is 0 Å². The number of carbonyl (C=O) groups excluding carboxylic acids is 1. The van der Waals surface area contributed by atoms with Crippen LogP contribution in [0.1, 0.15) is 32.1 Å². The second-order valence-corrected chi connectivity index (χ2v) is 4.96. The Labute approximate surface area is 104 Å². The lowest BCUT2D eigenvalue weighted by Crippen LogP contribution is -2.47. The van der Waals surface area contributed by atoms with Gasteiger partial charge in [0.05, 0.1) is 0 Å². The lowest BCUT2D eigenvalue weighted by Gasteiger charge is -2.33. The van der Waals surface area contributed by atoms with E-state index < -0.39 is 0 Å². The summed E-state index contributed by atoms with van der Waals surface area (Å²) in [4.78, 5) is 13.8. The van der Waals surface area contributed by atoms with E-state index in [-0.39, 0.29) is 18.7 Å². The fourth-order valence-corrected chi connectivity index (χ4v) is 2.28. The third kappa shape index (κ3) is 5.37. The summed E-state index contributed by atoms with van der Waals surface area (Å²) in [6.07, 6.45) is 5.10. The predicted molar refractivity (Wildman–Crippen MR) is 68.0 cm³/mol. The van der Waals surface area contributed by atoms with E-state index in [1.54, 1.807) is 0 Å². The minimum Gasteiger partial charge on any atom is -0.396 e. The normalized spacial score (nSPS) is 24.7. The second-order valence-electron chi connectivity index (χ2n) is 4.96. The van der Waals surface area contributed by atoms with Crippen LogP contribution in [0.25, 0.3) is 0 Å². The zero-order valence-electron chi connectivity index (χ0n) is 10.9. The number of nitrogens with one attached hydrogen (secondary N) is 2. The molecule has 5 nitrogen and oxygen atoms in total. The first-order chi connectivity index (χ1) is 8.13. The van der Waals surface area contributed by atoms with Gasteiger partial charge in [0.25, 0.3) is 0 Å². The summed E-state index contributed by atoms with van der Waals surface area (Å²) in [6, 6.07) is 0.750. The van der Waals surface area contributed by atoms with Crippen LogP contribution in [0.3, 0.4) is 0 Å². The number of hydrogen-bond acceptors (Lipinski definition) is 3. The molecule has 1 aliphatic rings. The summed E-state index contributed by atoms with van der Waals surface area (Å²) in [5.74, 6) is 0. The van der Waals surface area contributed by atoms with Crippen molar-refractivity contribution >= 4 is 6.03 Å². The van der Waals surface area contributed by atoms with Gasteiger partial charge in [0, 0.05) is 25.2 Å². The molecule has 0 radical (unpaired) electrons. The SMILES string of the molecule is CN(C)C1CCCC(NC(=O)NCCCO)C1. The van der Waals surface area contributed by atoms with E-state index in [0.717, 1.165) is 12.8 Å². The Morgan fingerprint density at radius 2 is 2.18 bits per heavy atom. The van der Waals surface area contributed by atoms with E-state index in [2.05, 4.69) is 29.6 Å². The van der Waals surface area contributed by atoms with Crippen LogP contribution >= 0.6 is 0 Å². The molecule has 2 unspecified atom stereocenters. The molecule has 0 aromatic carbocycles. The lowest BCUT2D eigenvalue weighted by atomic mass is 9.90. The standard InChI is InChI=1S/C12H25N3O2/c1-15(2)11-6-3-5-10(9-11)14-12(17)13-7-4-8-16/h10-11,16H,3-9H2,1-2H3,(H2,13,14,17). The molecule has 1 rings (SSSR count). The molecule has 3 N–H and O–H groups in total. The average Bonchev–Trinajstić information content (AvgIpc) is 2.29. The van der Waals surface area contributed by atoms with Gasteiger partial charge in [-0.2, -0.15) is 0 Å². The minimum absolute atomic E-state index is 0.108. The number of carbonyl (C=O) groups is 1. The van der Waals surface area contributed by atoms with Crippen molar-refractivity contribution in [3.8, 4) is 0 Å². The monoisotopic (exact) mass is 243 g/mol. The number of rotatable bonds is 5. The summed E-state index contributed by atoms with van der Waals surface area (Å²) in [5, 5.41) is 14.4. The fraction of sp³-hybridized carbons (Fsp3) is 0.917. The van der Waals surface area contributed by atoms with Crippen LogP contribution in [-0.2, 0) is 0 Å². The molecule has 0 saturated heterocycles. The molecule has 0 aliphatic heterocycles. The highest BCUT2D eigenvalue weighted by atomic mass is 16.3. The Balaban J connectivity index is 2.23. The number of urea groups is 1. The summed E-state index contributed by atoms with van der Waals surface area (Å²) in [5.41, 5.74) is 0. The Morgan fingerprint density at radius 3 is 2.82 bits per heavy atom. The molecule has 100 valence electrons. The second kappa shape index (κ2) is 7.50. The molecule has 1 fully saturated rings. The molecule has 2 amide bonds. The lowest BCUT2D eigenvalue weighted by molar-refractivity contribution is 0.192. The van der Waals surface area contributed by atoms with Crippen LogP contribution in [0, 0.1) is 0 Å². The van der Waals surface area contributed by atoms with Crippen molar-refractivity contribution in [2.75, 3.05) is 27.2 Å². The van der Waals surface area contributed by atoms with Crippen molar-refractivity contribution in [3.63, 3.8) is 0 Å². The molecular weight excluding hydrogens is 218 g/mol. The van der Waals surface area contributed by atoms with Crippen molar-refractivity contribution < 1.29 is 9.90 Å². The zero-order valence-corrected chi connectivity index (χ0v) is 10.9. The Bertz CT molecular complexity index is 234. The van der Waals surface area contributed by atoms with E-state index in [4.69, 9.17) is 5.11 Å². The van der Waals surface area contributed by atoms with E-state index in [9.17, 15) is 4.79 Å². The smallest absolute Gasteiger partial charge is 0.315 e. The quantitative estimate of drug-likeness (QED) is 0.618. The Hall–Kier alpha value is -0.810. The largest absolute Gasteiger partial charge is 0.396 e. The molecule has 0 spiro atoms. The molecule has 0 aromatic rings. The van der Waals surface area contributed by atoms with Crippen molar-refractivity contribution in [2.24, 2.45) is 0 Å². The third-order valence-corrected chi connectivity index (χ3v) is 3.33. The zero-order chi connectivity index (χ0) is 12.7. The van der Waals surface area contributed by atoms with Gasteiger partial charge in [-0.05, 0) is 46.2 Å². The number of aliphatic hydroxyl groups excluding tert-OH is 1. The molecule has 2 atom stereocenters. The van der Waals surface area contributed by atoms with Gasteiger partial charge in [0.1, 0.15) is 0 Å². The van der Waals surface area contributed by atoms with Crippen LogP contribution < -0.4 is 10.6 Å². The van der Waals surface area contributed by atoms with E-state index in [1.807, 2.05) is 0 Å². The number of nitrogens with zero attached hydrogens (tertiary/aromatic N) is 1. The average molecular weight is 243 g/mol. The molecule has 5 heteroatoms. The molecule has 0 bridgehead atoms. The molecule has 0 aromatic heterocycles. The Morgan fingerprint density at radius 1 is 1.41 bits per heavy atom. The number of amides is 2.